The van der Waals surface area contributed by atoms with Crippen LogP contribution < -0.4 is 15.1 Å². The summed E-state index contributed by atoms with van der Waals surface area (Å²) in [6, 6.07) is 11.1. The van der Waals surface area contributed by atoms with E-state index in [0.717, 1.165) is 37.0 Å². The number of carbonyl (C=O) groups is 2. The second kappa shape index (κ2) is 10.6. The van der Waals surface area contributed by atoms with Gasteiger partial charge < -0.3 is 19.5 Å². The molecule has 1 aliphatic heterocycles. The number of para-hydroxylation sites is 1. The molecule has 2 aliphatic rings. The first kappa shape index (κ1) is 23.5. The lowest BCUT2D eigenvalue weighted by molar-refractivity contribution is -0.115. The van der Waals surface area contributed by atoms with Gasteiger partial charge in [0.15, 0.2) is 5.16 Å². The summed E-state index contributed by atoms with van der Waals surface area (Å²) in [5, 5.41) is 12.6. The lowest BCUT2D eigenvalue weighted by Gasteiger charge is -2.27. The molecule has 0 radical (unpaired) electrons. The third-order valence-corrected chi connectivity index (χ3v) is 7.34. The number of nitrogens with one attached hydrogen (secondary N) is 1. The number of nitrogens with zero attached hydrogens (tertiary/aromatic N) is 5. The van der Waals surface area contributed by atoms with Gasteiger partial charge in [-0.3, -0.25) is 14.2 Å². The van der Waals surface area contributed by atoms with Crippen LogP contribution >= 0.6 is 11.8 Å². The Morgan fingerprint density at radius 2 is 1.91 bits per heavy atom. The van der Waals surface area contributed by atoms with Gasteiger partial charge in [-0.2, -0.15) is 0 Å². The fraction of sp³-hybridized carbons (Fsp3) is 0.440. The molecule has 0 spiro atoms. The van der Waals surface area contributed by atoms with Crippen LogP contribution in [-0.2, 0) is 11.3 Å². The first-order valence-corrected chi connectivity index (χ1v) is 13.1. The van der Waals surface area contributed by atoms with E-state index in [9.17, 15) is 9.59 Å². The zero-order chi connectivity index (χ0) is 24.2. The minimum absolute atomic E-state index is 0.105. The maximum atomic E-state index is 13.1. The number of benzene rings is 1. The number of anilines is 2. The molecule has 1 saturated carbocycles. The monoisotopic (exact) mass is 494 g/mol. The van der Waals surface area contributed by atoms with E-state index in [-0.39, 0.29) is 24.1 Å². The number of furan rings is 1. The second-order valence-electron chi connectivity index (χ2n) is 8.95. The second-order valence-corrected chi connectivity index (χ2v) is 9.89. The van der Waals surface area contributed by atoms with Crippen LogP contribution in [0.5, 0.6) is 0 Å². The summed E-state index contributed by atoms with van der Waals surface area (Å²) in [6.07, 6.45) is 7.44. The predicted octanol–water partition coefficient (Wildman–Crippen LogP) is 3.88. The minimum Gasteiger partial charge on any atom is -0.467 e. The van der Waals surface area contributed by atoms with E-state index in [1.54, 1.807) is 43.6 Å². The van der Waals surface area contributed by atoms with Crippen LogP contribution in [0.3, 0.4) is 0 Å². The van der Waals surface area contributed by atoms with Gasteiger partial charge in [0.25, 0.3) is 5.91 Å². The lowest BCUT2D eigenvalue weighted by Crippen LogP contribution is -2.32. The third kappa shape index (κ3) is 5.37. The summed E-state index contributed by atoms with van der Waals surface area (Å²) in [6.45, 7) is 2.30. The summed E-state index contributed by atoms with van der Waals surface area (Å²) < 4.78 is 7.50. The smallest absolute Gasteiger partial charge is 0.253 e. The number of carbonyl (C=O) groups excluding carboxylic acids is 2. The van der Waals surface area contributed by atoms with E-state index < -0.39 is 0 Å². The molecule has 5 rings (SSSR count). The molecule has 10 heteroatoms. The van der Waals surface area contributed by atoms with Crippen molar-refractivity contribution >= 4 is 35.2 Å². The van der Waals surface area contributed by atoms with Gasteiger partial charge in [-0.15, -0.1) is 10.2 Å². The highest BCUT2D eigenvalue weighted by Gasteiger charge is 2.32. The molecule has 2 aromatic heterocycles. The zero-order valence-corrected chi connectivity index (χ0v) is 20.7. The molecule has 1 aromatic carbocycles. The predicted molar refractivity (Wildman–Crippen MR) is 135 cm³/mol. The first-order chi connectivity index (χ1) is 17.1. The molecule has 2 fully saturated rings. The van der Waals surface area contributed by atoms with E-state index in [1.165, 1.54) is 35.9 Å². The third-order valence-electron chi connectivity index (χ3n) is 6.41. The summed E-state index contributed by atoms with van der Waals surface area (Å²) >= 11 is 1.41. The highest BCUT2D eigenvalue weighted by atomic mass is 32.2. The molecule has 1 aliphatic carbocycles. The highest BCUT2D eigenvalue weighted by molar-refractivity contribution is 7.99. The van der Waals surface area contributed by atoms with E-state index in [4.69, 9.17) is 4.42 Å². The van der Waals surface area contributed by atoms with Crippen LogP contribution in [0.4, 0.5) is 11.6 Å². The minimum atomic E-state index is -0.260. The van der Waals surface area contributed by atoms with Crippen LogP contribution in [0.1, 0.15) is 54.3 Å². The van der Waals surface area contributed by atoms with Crippen LogP contribution in [0.25, 0.3) is 0 Å². The van der Waals surface area contributed by atoms with Gasteiger partial charge in [0.2, 0.25) is 11.9 Å². The molecular formula is C25H30N6O3S. The fourth-order valence-electron chi connectivity index (χ4n) is 4.32. The van der Waals surface area contributed by atoms with Crippen molar-refractivity contribution in [2.45, 2.75) is 49.8 Å². The van der Waals surface area contributed by atoms with E-state index in [1.807, 2.05) is 6.07 Å². The van der Waals surface area contributed by atoms with Gasteiger partial charge in [-0.25, -0.2) is 0 Å². The number of thioether (sulfide) groups is 1. The van der Waals surface area contributed by atoms with Crippen molar-refractivity contribution in [1.82, 2.24) is 20.1 Å². The first-order valence-electron chi connectivity index (χ1n) is 12.1. The molecule has 3 heterocycles. The summed E-state index contributed by atoms with van der Waals surface area (Å²) in [5.41, 5.74) is 1.00. The molecule has 184 valence electrons. The van der Waals surface area contributed by atoms with Crippen molar-refractivity contribution in [2.75, 3.05) is 35.7 Å². The Morgan fingerprint density at radius 3 is 2.66 bits per heavy atom. The maximum absolute atomic E-state index is 13.1. The van der Waals surface area contributed by atoms with Crippen molar-refractivity contribution in [3.05, 3.63) is 54.0 Å². The van der Waals surface area contributed by atoms with Crippen LogP contribution in [0.15, 0.2) is 52.2 Å². The number of aromatic nitrogens is 3. The van der Waals surface area contributed by atoms with Crippen molar-refractivity contribution in [3.63, 3.8) is 0 Å². The molecule has 0 atom stereocenters. The lowest BCUT2D eigenvalue weighted by atomic mass is 10.1. The Labute approximate surface area is 208 Å². The largest absolute Gasteiger partial charge is 0.467 e. The Balaban J connectivity index is 1.25. The summed E-state index contributed by atoms with van der Waals surface area (Å²) in [4.78, 5) is 29.8. The average Bonchev–Trinajstić information content (AvgIpc) is 3.42. The molecule has 1 saturated heterocycles. The normalized spacial score (nSPS) is 15.7. The molecule has 3 aromatic rings. The van der Waals surface area contributed by atoms with Gasteiger partial charge in [-0.1, -0.05) is 23.9 Å². The Morgan fingerprint density at radius 1 is 1.11 bits per heavy atom. The van der Waals surface area contributed by atoms with Gasteiger partial charge in [-0.05, 0) is 56.4 Å². The molecule has 2 amide bonds. The number of hydrogen-bond donors (Lipinski definition) is 1. The van der Waals surface area contributed by atoms with Gasteiger partial charge in [0, 0.05) is 26.2 Å². The SMILES string of the molecule is CN(C(=O)CSc1nnc(N2CCCCC2)n1C1CC1)c1ccccc1C(=O)NCc1ccco1. The zero-order valence-electron chi connectivity index (χ0n) is 19.9. The number of rotatable bonds is 9. The Bertz CT molecular complexity index is 1170. The average molecular weight is 495 g/mol. The molecule has 0 bridgehead atoms. The number of amides is 2. The van der Waals surface area contributed by atoms with Crippen molar-refractivity contribution in [2.24, 2.45) is 0 Å². The van der Waals surface area contributed by atoms with Gasteiger partial charge >= 0.3 is 0 Å². The van der Waals surface area contributed by atoms with Crippen LogP contribution in [0.2, 0.25) is 0 Å². The Kier molecular flexibility index (Phi) is 7.08. The quantitative estimate of drug-likeness (QED) is 0.451. The van der Waals surface area contributed by atoms with Crippen LogP contribution in [-0.4, -0.2) is 52.5 Å². The van der Waals surface area contributed by atoms with Crippen LogP contribution in [0, 0.1) is 0 Å². The molecule has 0 unspecified atom stereocenters. The standard InChI is InChI=1S/C25H30N6O3S/c1-29(21-10-4-3-9-20(21)23(33)26-16-19-8-7-15-34-19)22(32)17-35-25-28-27-24(31(25)18-11-12-18)30-13-5-2-6-14-30/h3-4,7-10,15,18H,2,5-6,11-14,16-17H2,1H3,(H,26,33). The van der Waals surface area contributed by atoms with Gasteiger partial charge in [0.1, 0.15) is 5.76 Å². The molecule has 9 nitrogen and oxygen atoms in total. The van der Waals surface area contributed by atoms with E-state index in [2.05, 4.69) is 25.0 Å². The molecule has 35 heavy (non-hydrogen) atoms. The molecular weight excluding hydrogens is 464 g/mol. The Hall–Kier alpha value is -3.27. The van der Waals surface area contributed by atoms with Crippen molar-refractivity contribution < 1.29 is 14.0 Å². The van der Waals surface area contributed by atoms with Crippen molar-refractivity contribution in [3.8, 4) is 0 Å². The highest BCUT2D eigenvalue weighted by Crippen LogP contribution is 2.41. The topological polar surface area (TPSA) is 96.5 Å². The maximum Gasteiger partial charge on any atom is 0.253 e. The summed E-state index contributed by atoms with van der Waals surface area (Å²) in [7, 11) is 1.70. The molecule has 1 N–H and O–H groups in total. The summed E-state index contributed by atoms with van der Waals surface area (Å²) in [5.74, 6) is 1.45. The van der Waals surface area contributed by atoms with E-state index in [0.29, 0.717) is 23.1 Å². The number of piperidine rings is 1. The number of hydrogen-bond acceptors (Lipinski definition) is 7. The van der Waals surface area contributed by atoms with Crippen molar-refractivity contribution in [1.29, 1.82) is 0 Å². The van der Waals surface area contributed by atoms with Gasteiger partial charge in [0.05, 0.1) is 29.8 Å². The van der Waals surface area contributed by atoms with E-state index >= 15 is 0 Å². The fourth-order valence-corrected chi connectivity index (χ4v) is 5.24.